The molecule has 7 rings (SSSR count). The number of benzene rings is 3. The van der Waals surface area contributed by atoms with Crippen molar-refractivity contribution in [2.45, 2.75) is 92.0 Å². The minimum atomic E-state index is -1.04. The van der Waals surface area contributed by atoms with Gasteiger partial charge in [0, 0.05) is 64.6 Å². The molecule has 0 amide bonds. The number of nitrogens with two attached hydrogens (primary N) is 1. The molecule has 4 heterocycles. The van der Waals surface area contributed by atoms with Gasteiger partial charge in [-0.2, -0.15) is 0 Å². The number of ether oxygens (including phenoxy) is 2. The van der Waals surface area contributed by atoms with Crippen LogP contribution in [0.4, 0.5) is 8.78 Å². The molecule has 3 N–H and O–H groups in total. The Balaban J connectivity index is 0.000000335. The molecule has 0 unspecified atom stereocenters. The van der Waals surface area contributed by atoms with Crippen LogP contribution in [0.1, 0.15) is 142 Å². The molecule has 0 aliphatic rings. The van der Waals surface area contributed by atoms with E-state index in [0.717, 1.165) is 27.4 Å². The number of carbonyl (C=O) groups excluding carboxylic acids is 5. The fraction of sp³-hybridized carbons (Fsp3) is 0.340. The van der Waals surface area contributed by atoms with Crippen molar-refractivity contribution in [3.05, 3.63) is 174 Å². The maximum atomic E-state index is 13.1. The topological polar surface area (TPSA) is 298 Å². The predicted molar refractivity (Wildman–Crippen MR) is 298 cm³/mol. The fourth-order valence-electron chi connectivity index (χ4n) is 7.21. The molecule has 0 saturated heterocycles. The summed E-state index contributed by atoms with van der Waals surface area (Å²) in [7, 11) is 3.91. The Kier molecular flexibility index (Phi) is 24.6. The minimum absolute atomic E-state index is 0. The van der Waals surface area contributed by atoms with E-state index in [-0.39, 0.29) is 91.2 Å². The van der Waals surface area contributed by atoms with Crippen LogP contribution in [0, 0.1) is 25.5 Å². The molecule has 4 aromatic heterocycles. The molecule has 0 spiro atoms. The van der Waals surface area contributed by atoms with Gasteiger partial charge in [0.1, 0.15) is 23.3 Å². The SMILES string of the molecule is C.COC(=O)c1nc(C(C)(C)CC(=O)c2nnc(C)o2)n(C)c(=O)c1OC(=O)c1ccccc1.Cc1nnc(C(=O)CC(C)(C)c2nc(C(=O)CCc3ccc(F)cc3)c(O)c(=O)n2C)o1.ICI.NCc1ccc(F)cc1. The van der Waals surface area contributed by atoms with Gasteiger partial charge in [-0.25, -0.2) is 28.3 Å². The van der Waals surface area contributed by atoms with E-state index in [1.165, 1.54) is 52.9 Å². The number of halogens is 4. The average Bonchev–Trinajstić information content (AvgIpc) is 4.05. The van der Waals surface area contributed by atoms with Gasteiger partial charge in [-0.15, -0.1) is 20.4 Å². The molecule has 0 bridgehead atoms. The number of carbonyl (C=O) groups is 5. The number of hydrogen-bond acceptors (Lipinski definition) is 19. The van der Waals surface area contributed by atoms with Gasteiger partial charge in [0.05, 0.1) is 15.1 Å². The monoisotopic (exact) mass is 1310 g/mol. The Hall–Kier alpha value is -7.27. The summed E-state index contributed by atoms with van der Waals surface area (Å²) in [6.07, 6.45) is -0.0375. The van der Waals surface area contributed by atoms with Crippen LogP contribution in [-0.2, 0) is 42.6 Å². The van der Waals surface area contributed by atoms with Crippen LogP contribution in [0.3, 0.4) is 0 Å². The van der Waals surface area contributed by atoms with Crippen molar-refractivity contribution in [1.82, 2.24) is 39.5 Å². The van der Waals surface area contributed by atoms with Crippen molar-refractivity contribution in [2.24, 2.45) is 19.8 Å². The lowest BCUT2D eigenvalue weighted by atomic mass is 9.85. The second-order valence-corrected chi connectivity index (χ2v) is 22.4. The predicted octanol–water partition coefficient (Wildman–Crippen LogP) is 8.45. The van der Waals surface area contributed by atoms with Crippen LogP contribution >= 0.6 is 45.2 Å². The van der Waals surface area contributed by atoms with Gasteiger partial charge < -0.3 is 29.1 Å². The summed E-state index contributed by atoms with van der Waals surface area (Å²) in [4.78, 5) is 97.1. The van der Waals surface area contributed by atoms with Crippen molar-refractivity contribution in [2.75, 3.05) is 9.54 Å². The quantitative estimate of drug-likeness (QED) is 0.0397. The first-order valence-electron chi connectivity index (χ1n) is 23.1. The third-order valence-corrected chi connectivity index (χ3v) is 11.0. The highest BCUT2D eigenvalue weighted by Gasteiger charge is 2.36. The molecule has 0 aliphatic carbocycles. The number of aromatic hydroxyl groups is 1. The fourth-order valence-corrected chi connectivity index (χ4v) is 7.21. The van der Waals surface area contributed by atoms with Gasteiger partial charge in [-0.1, -0.05) is 123 Å². The summed E-state index contributed by atoms with van der Waals surface area (Å²) in [6.45, 7) is 10.3. The lowest BCUT2D eigenvalue weighted by molar-refractivity contribution is 0.0582. The molecular formula is C53H59F2I2N9O12. The van der Waals surface area contributed by atoms with E-state index >= 15 is 0 Å². The van der Waals surface area contributed by atoms with E-state index < -0.39 is 68.4 Å². The number of aryl methyl sites for hydroxylation is 3. The van der Waals surface area contributed by atoms with E-state index in [4.69, 9.17) is 24.0 Å². The Labute approximate surface area is 474 Å². The first-order chi connectivity index (χ1) is 36.3. The molecular weight excluding hydrogens is 1250 g/mol. The Morgan fingerprint density at radius 1 is 0.667 bits per heavy atom. The molecule has 7 aromatic rings. The van der Waals surface area contributed by atoms with Crippen molar-refractivity contribution in [3.63, 3.8) is 0 Å². The van der Waals surface area contributed by atoms with Gasteiger partial charge >= 0.3 is 11.9 Å². The molecule has 0 atom stereocenters. The number of methoxy groups -OCH3 is 1. The Morgan fingerprint density at radius 3 is 1.53 bits per heavy atom. The molecule has 0 aliphatic heterocycles. The summed E-state index contributed by atoms with van der Waals surface area (Å²) in [5, 5.41) is 25.0. The zero-order valence-corrected chi connectivity index (χ0v) is 47.7. The average molecular weight is 1310 g/mol. The Morgan fingerprint density at radius 2 is 1.10 bits per heavy atom. The number of Topliss-reactive ketones (excluding diaryl/α,β-unsaturated/α-hetero) is 3. The third kappa shape index (κ3) is 17.6. The molecule has 78 heavy (non-hydrogen) atoms. The summed E-state index contributed by atoms with van der Waals surface area (Å²) >= 11 is 4.55. The first kappa shape index (κ1) is 65.0. The number of nitrogens with zero attached hydrogens (tertiary/aromatic N) is 8. The molecule has 0 fully saturated rings. The highest BCUT2D eigenvalue weighted by atomic mass is 127. The summed E-state index contributed by atoms with van der Waals surface area (Å²) in [5.74, 6) is -4.80. The van der Waals surface area contributed by atoms with E-state index in [2.05, 4.69) is 75.5 Å². The van der Waals surface area contributed by atoms with Gasteiger partial charge in [0.2, 0.25) is 34.8 Å². The van der Waals surface area contributed by atoms with Crippen molar-refractivity contribution in [1.29, 1.82) is 0 Å². The second-order valence-electron chi connectivity index (χ2n) is 17.9. The Bertz CT molecular complexity index is 3330. The standard InChI is InChI=1S/C22H23FN4O5.C22H22N4O7.C7H8FN.CH2I2.CH4/c1-12-25-26-19(32-12)16(29)11-22(2,3)21-24-17(18(30)20(31)27(21)4)15(28)10-7-13-5-8-14(23)9-6-13;1-12-24-25-17(32-12)14(27)11-22(2,3)21-23-15(20(30)31-5)16(18(28)26(21)4)33-19(29)13-9-7-6-8-10-13;8-7-3-1-6(5-9)2-4-7;2-1-3;/h5-6,8-9,30H,7,10-11H2,1-4H3;6-10H,11H2,1-5H3;1-4H,5,9H2;1H2;1H4. The molecule has 0 saturated carbocycles. The lowest BCUT2D eigenvalue weighted by Crippen LogP contribution is -2.36. The number of alkyl halides is 2. The first-order valence-corrected chi connectivity index (χ1v) is 26.1. The summed E-state index contributed by atoms with van der Waals surface area (Å²) in [5.41, 5.74) is 2.67. The maximum absolute atomic E-state index is 13.1. The molecule has 0 radical (unpaired) electrons. The van der Waals surface area contributed by atoms with Crippen LogP contribution in [0.25, 0.3) is 0 Å². The number of esters is 2. The van der Waals surface area contributed by atoms with E-state index in [9.17, 15) is 47.4 Å². The highest BCUT2D eigenvalue weighted by Crippen LogP contribution is 2.30. The molecule has 3 aromatic carbocycles. The largest absolute Gasteiger partial charge is 0.501 e. The van der Waals surface area contributed by atoms with Crippen LogP contribution in [0.5, 0.6) is 11.5 Å². The van der Waals surface area contributed by atoms with E-state index in [0.29, 0.717) is 6.54 Å². The van der Waals surface area contributed by atoms with Crippen molar-refractivity contribution >= 4 is 74.5 Å². The highest BCUT2D eigenvalue weighted by molar-refractivity contribution is 14.2. The molecule has 25 heteroatoms. The molecule has 21 nitrogen and oxygen atoms in total. The van der Waals surface area contributed by atoms with Crippen LogP contribution in [0.2, 0.25) is 0 Å². The van der Waals surface area contributed by atoms with Gasteiger partial charge in [0.15, 0.2) is 17.2 Å². The van der Waals surface area contributed by atoms with Gasteiger partial charge in [-0.3, -0.25) is 33.1 Å². The number of rotatable bonds is 16. The van der Waals surface area contributed by atoms with Crippen LogP contribution in [0.15, 0.2) is 97.3 Å². The zero-order valence-electron chi connectivity index (χ0n) is 43.4. The number of ketones is 3. The molecule has 416 valence electrons. The van der Waals surface area contributed by atoms with Crippen LogP contribution < -0.4 is 21.6 Å². The van der Waals surface area contributed by atoms with Gasteiger partial charge in [0.25, 0.3) is 22.9 Å². The summed E-state index contributed by atoms with van der Waals surface area (Å²) < 4.78 is 49.0. The van der Waals surface area contributed by atoms with Crippen molar-refractivity contribution in [3.8, 4) is 11.5 Å². The van der Waals surface area contributed by atoms with E-state index in [1.807, 2.05) is 0 Å². The minimum Gasteiger partial charge on any atom is -0.501 e. The summed E-state index contributed by atoms with van der Waals surface area (Å²) in [6, 6.07) is 19.8. The lowest BCUT2D eigenvalue weighted by Gasteiger charge is -2.25. The maximum Gasteiger partial charge on any atom is 0.360 e. The smallest absolute Gasteiger partial charge is 0.360 e. The third-order valence-electron chi connectivity index (χ3n) is 11.0. The van der Waals surface area contributed by atoms with Gasteiger partial charge in [-0.05, 0) is 53.9 Å². The normalized spacial score (nSPS) is 10.8. The number of hydrogen-bond donors (Lipinski definition) is 2. The second kappa shape index (κ2) is 29.5. The van der Waals surface area contributed by atoms with Crippen molar-refractivity contribution < 1.29 is 56.2 Å². The number of aromatic nitrogens is 8. The van der Waals surface area contributed by atoms with E-state index in [1.54, 1.807) is 84.0 Å². The van der Waals surface area contributed by atoms with Crippen LogP contribution in [-0.4, -0.2) is 83.4 Å². The zero-order chi connectivity index (χ0) is 57.4.